The molecule has 1 aliphatic heterocycles. The molecule has 11 heteroatoms. The second-order valence-corrected chi connectivity index (χ2v) is 17.9. The lowest BCUT2D eigenvalue weighted by atomic mass is 9.99. The molecule has 7 atom stereocenters. The second-order valence-electron chi connectivity index (χ2n) is 17.9. The summed E-state index contributed by atoms with van der Waals surface area (Å²) in [5.74, 6) is -0.267. The quantitative estimate of drug-likeness (QED) is 0.0149. The number of carbonyl (C=O) groups excluding carboxylic acids is 2. The molecule has 0 bridgehead atoms. The van der Waals surface area contributed by atoms with Crippen LogP contribution < -0.4 is 5.32 Å². The lowest BCUT2D eigenvalue weighted by Crippen LogP contribution is -2.60. The van der Waals surface area contributed by atoms with Crippen molar-refractivity contribution in [1.82, 2.24) is 5.32 Å². The fourth-order valence-corrected chi connectivity index (χ4v) is 7.64. The lowest BCUT2D eigenvalue weighted by Gasteiger charge is -2.40. The zero-order valence-electron chi connectivity index (χ0n) is 40.9. The van der Waals surface area contributed by atoms with E-state index in [4.69, 9.17) is 14.2 Å². The van der Waals surface area contributed by atoms with Gasteiger partial charge in [0.25, 0.3) is 0 Å². The van der Waals surface area contributed by atoms with Crippen molar-refractivity contribution in [2.45, 2.75) is 249 Å². The zero-order chi connectivity index (χ0) is 47.4. The van der Waals surface area contributed by atoms with Crippen LogP contribution in [-0.4, -0.2) is 100 Å². The van der Waals surface area contributed by atoms with Crippen LogP contribution in [0, 0.1) is 0 Å². The molecule has 0 aromatic heterocycles. The molecule has 1 saturated heterocycles. The molecule has 6 N–H and O–H groups in total. The molecule has 1 rings (SSSR count). The number of aliphatic hydroxyl groups is 5. The lowest BCUT2D eigenvalue weighted by molar-refractivity contribution is -0.302. The van der Waals surface area contributed by atoms with E-state index in [2.05, 4.69) is 67.8 Å². The van der Waals surface area contributed by atoms with Gasteiger partial charge in [-0.1, -0.05) is 164 Å². The summed E-state index contributed by atoms with van der Waals surface area (Å²) in [5, 5.41) is 54.1. The van der Waals surface area contributed by atoms with E-state index < -0.39 is 49.5 Å². The van der Waals surface area contributed by atoms with E-state index in [9.17, 15) is 35.1 Å². The number of nitrogens with one attached hydrogen (secondary N) is 1. The third-order valence-corrected chi connectivity index (χ3v) is 11.9. The van der Waals surface area contributed by atoms with Crippen LogP contribution in [0.15, 0.2) is 60.8 Å². The number of esters is 1. The molecule has 11 nitrogen and oxygen atoms in total. The van der Waals surface area contributed by atoms with Crippen molar-refractivity contribution in [1.29, 1.82) is 0 Å². The Morgan fingerprint density at radius 2 is 1.11 bits per heavy atom. The number of hydrogen-bond acceptors (Lipinski definition) is 10. The first kappa shape index (κ1) is 60.4. The number of carbonyl (C=O) groups is 2. The summed E-state index contributed by atoms with van der Waals surface area (Å²) < 4.78 is 16.6. The van der Waals surface area contributed by atoms with E-state index in [1.54, 1.807) is 6.08 Å². The maximum atomic E-state index is 12.9. The van der Waals surface area contributed by atoms with Crippen molar-refractivity contribution in [3.8, 4) is 0 Å². The van der Waals surface area contributed by atoms with Crippen molar-refractivity contribution in [2.75, 3.05) is 19.8 Å². The number of rotatable bonds is 43. The first-order valence-electron chi connectivity index (χ1n) is 26.1. The van der Waals surface area contributed by atoms with Crippen LogP contribution in [0.4, 0.5) is 0 Å². The summed E-state index contributed by atoms with van der Waals surface area (Å²) in [6, 6.07) is -0.826. The highest BCUT2D eigenvalue weighted by molar-refractivity contribution is 5.76. The normalized spacial score (nSPS) is 20.3. The Hall–Kier alpha value is -2.64. The number of hydrogen-bond donors (Lipinski definition) is 6. The van der Waals surface area contributed by atoms with Crippen LogP contribution in [-0.2, 0) is 23.8 Å². The van der Waals surface area contributed by atoms with Crippen LogP contribution in [0.25, 0.3) is 0 Å². The van der Waals surface area contributed by atoms with Gasteiger partial charge in [0.15, 0.2) is 6.29 Å². The van der Waals surface area contributed by atoms with E-state index in [-0.39, 0.29) is 18.5 Å². The molecule has 0 saturated carbocycles. The van der Waals surface area contributed by atoms with Crippen molar-refractivity contribution in [3.63, 3.8) is 0 Å². The number of aliphatic hydroxyl groups excluding tert-OH is 5. The molecule has 0 radical (unpaired) electrons. The molecule has 7 unspecified atom stereocenters. The maximum Gasteiger partial charge on any atom is 0.305 e. The minimum absolute atomic E-state index is 0.0578. The Morgan fingerprint density at radius 1 is 0.585 bits per heavy atom. The van der Waals surface area contributed by atoms with E-state index in [0.29, 0.717) is 19.4 Å². The summed E-state index contributed by atoms with van der Waals surface area (Å²) in [4.78, 5) is 25.0. The first-order chi connectivity index (χ1) is 31.7. The Kier molecular flexibility index (Phi) is 40.8. The van der Waals surface area contributed by atoms with Crippen LogP contribution in [0.1, 0.15) is 206 Å². The van der Waals surface area contributed by atoms with Crippen molar-refractivity contribution in [3.05, 3.63) is 60.8 Å². The molecule has 376 valence electrons. The first-order valence-corrected chi connectivity index (χ1v) is 26.1. The standard InChI is InChI=1S/C54H95NO10/c1-3-5-7-9-11-13-14-18-22-26-30-34-38-42-50(59)63-43-39-35-31-27-23-20-17-15-16-19-21-25-29-33-37-41-49(58)55-46(47(57)40-36-32-28-24-12-10-8-6-4-2)45-64-54-53(62)52(61)51(60)48(44-56)65-54/h7,9,13-15,17,20,23,36,40,46-48,51-54,56-57,60-62H,3-6,8,10-12,16,18-19,21-22,24-35,37-39,41-45H2,1-2H3,(H,55,58)/b9-7-,14-13-,17-15-,23-20-,40-36+. The fraction of sp³-hybridized carbons (Fsp3) is 0.778. The van der Waals surface area contributed by atoms with Gasteiger partial charge in [0, 0.05) is 12.8 Å². The molecule has 1 fully saturated rings. The van der Waals surface area contributed by atoms with Gasteiger partial charge >= 0.3 is 5.97 Å². The molecule has 0 aliphatic carbocycles. The number of allylic oxidation sites excluding steroid dienone is 9. The minimum Gasteiger partial charge on any atom is -0.466 e. The third-order valence-electron chi connectivity index (χ3n) is 11.9. The largest absolute Gasteiger partial charge is 0.466 e. The Bertz CT molecular complexity index is 1270. The average Bonchev–Trinajstić information content (AvgIpc) is 3.30. The second kappa shape index (κ2) is 43.9. The average molecular weight is 918 g/mol. The van der Waals surface area contributed by atoms with Crippen molar-refractivity contribution in [2.24, 2.45) is 0 Å². The topological polar surface area (TPSA) is 175 Å². The zero-order valence-corrected chi connectivity index (χ0v) is 40.9. The van der Waals surface area contributed by atoms with E-state index in [0.717, 1.165) is 116 Å². The van der Waals surface area contributed by atoms with E-state index >= 15 is 0 Å². The van der Waals surface area contributed by atoms with Crippen LogP contribution in [0.5, 0.6) is 0 Å². The Labute approximate surface area is 395 Å². The molecule has 0 aromatic carbocycles. The van der Waals surface area contributed by atoms with E-state index in [1.165, 1.54) is 64.2 Å². The number of ether oxygens (including phenoxy) is 3. The van der Waals surface area contributed by atoms with Gasteiger partial charge < -0.3 is 45.1 Å². The van der Waals surface area contributed by atoms with Crippen LogP contribution in [0.2, 0.25) is 0 Å². The van der Waals surface area contributed by atoms with Gasteiger partial charge in [0.1, 0.15) is 24.4 Å². The van der Waals surface area contributed by atoms with Gasteiger partial charge in [0.05, 0.1) is 32.0 Å². The summed E-state index contributed by atoms with van der Waals surface area (Å²) in [7, 11) is 0. The minimum atomic E-state index is -1.58. The summed E-state index contributed by atoms with van der Waals surface area (Å²) >= 11 is 0. The van der Waals surface area contributed by atoms with Gasteiger partial charge in [-0.05, 0) is 89.9 Å². The number of amides is 1. The Morgan fingerprint density at radius 3 is 1.71 bits per heavy atom. The predicted molar refractivity (Wildman–Crippen MR) is 264 cm³/mol. The smallest absolute Gasteiger partial charge is 0.305 e. The van der Waals surface area contributed by atoms with Gasteiger partial charge in [-0.15, -0.1) is 0 Å². The maximum absolute atomic E-state index is 12.9. The highest BCUT2D eigenvalue weighted by Crippen LogP contribution is 2.22. The monoisotopic (exact) mass is 918 g/mol. The van der Waals surface area contributed by atoms with E-state index in [1.807, 2.05) is 6.08 Å². The molecular formula is C54H95NO10. The van der Waals surface area contributed by atoms with Gasteiger partial charge in [-0.2, -0.15) is 0 Å². The molecular weight excluding hydrogens is 823 g/mol. The van der Waals surface area contributed by atoms with Gasteiger partial charge in [-0.3, -0.25) is 9.59 Å². The van der Waals surface area contributed by atoms with Crippen LogP contribution in [0.3, 0.4) is 0 Å². The summed E-state index contributed by atoms with van der Waals surface area (Å²) in [6.07, 6.45) is 44.5. The fourth-order valence-electron chi connectivity index (χ4n) is 7.64. The summed E-state index contributed by atoms with van der Waals surface area (Å²) in [6.45, 7) is 4.14. The number of unbranched alkanes of at least 4 members (excludes halogenated alkanes) is 22. The molecule has 1 amide bonds. The molecule has 0 spiro atoms. The molecule has 1 aliphatic rings. The summed E-state index contributed by atoms with van der Waals surface area (Å²) in [5.41, 5.74) is 0. The molecule has 1 heterocycles. The Balaban J connectivity index is 2.16. The molecule has 65 heavy (non-hydrogen) atoms. The van der Waals surface area contributed by atoms with Crippen LogP contribution >= 0.6 is 0 Å². The van der Waals surface area contributed by atoms with Crippen molar-refractivity contribution < 1.29 is 49.3 Å². The van der Waals surface area contributed by atoms with Gasteiger partial charge in [0.2, 0.25) is 5.91 Å². The highest BCUT2D eigenvalue weighted by Gasteiger charge is 2.44. The third kappa shape index (κ3) is 34.3. The SMILES string of the molecule is CCC/C=C\C/C=C\CCCCCCCC(=O)OCCCCC/C=C\C=C/CCCCCCCCC(=O)NC(COC1OC(CO)C(O)C(O)C1O)C(O)/C=C/CCCCCCCCC. The van der Waals surface area contributed by atoms with Crippen molar-refractivity contribution >= 4 is 11.9 Å². The molecule has 0 aromatic rings. The van der Waals surface area contributed by atoms with Gasteiger partial charge in [-0.25, -0.2) is 0 Å². The highest BCUT2D eigenvalue weighted by atomic mass is 16.7. The predicted octanol–water partition coefficient (Wildman–Crippen LogP) is 10.7.